The molecule has 2 nitrogen and oxygen atoms in total. The molecule has 2 N–H and O–H groups in total. The number of hydrogen-bond acceptors (Lipinski definition) is 2. The molecule has 1 heterocycles. The highest BCUT2D eigenvalue weighted by atomic mass is 35.5. The fraction of sp³-hybridized carbons (Fsp3) is 0.538. The lowest BCUT2D eigenvalue weighted by Gasteiger charge is -2.31. The molecule has 1 aliphatic rings. The van der Waals surface area contributed by atoms with Gasteiger partial charge >= 0.3 is 0 Å². The monoisotopic (exact) mass is 239 g/mol. The van der Waals surface area contributed by atoms with Gasteiger partial charge in [0.15, 0.2) is 0 Å². The zero-order valence-electron chi connectivity index (χ0n) is 9.49. The zero-order valence-corrected chi connectivity index (χ0v) is 10.2. The van der Waals surface area contributed by atoms with Gasteiger partial charge in [0.05, 0.1) is 6.10 Å². The van der Waals surface area contributed by atoms with Crippen molar-refractivity contribution in [3.63, 3.8) is 0 Å². The van der Waals surface area contributed by atoms with Gasteiger partial charge in [0.1, 0.15) is 0 Å². The smallest absolute Gasteiger partial charge is 0.0943 e. The first-order chi connectivity index (χ1) is 7.66. The van der Waals surface area contributed by atoms with Gasteiger partial charge in [0, 0.05) is 11.1 Å². The Morgan fingerprint density at radius 1 is 1.50 bits per heavy atom. The second-order valence-electron chi connectivity index (χ2n) is 4.69. The first kappa shape index (κ1) is 11.9. The zero-order chi connectivity index (χ0) is 11.5. The van der Waals surface area contributed by atoms with E-state index < -0.39 is 6.10 Å². The third-order valence-corrected chi connectivity index (χ3v) is 3.51. The Hall–Kier alpha value is -0.570. The number of aliphatic hydroxyl groups is 1. The Kier molecular flexibility index (Phi) is 3.85. The van der Waals surface area contributed by atoms with E-state index in [0.717, 1.165) is 18.5 Å². The standard InChI is InChI=1S/C13H18ClNO/c1-9-5-6-15-12(7-9)13(16)10-3-2-4-11(14)8-10/h2-4,8-9,12-13,15-16H,5-7H2,1H3. The van der Waals surface area contributed by atoms with Gasteiger partial charge in [-0.05, 0) is 43.0 Å². The van der Waals surface area contributed by atoms with E-state index in [9.17, 15) is 5.11 Å². The molecule has 3 unspecified atom stereocenters. The number of nitrogens with one attached hydrogen (secondary N) is 1. The Labute approximate surface area is 102 Å². The van der Waals surface area contributed by atoms with E-state index in [4.69, 9.17) is 11.6 Å². The summed E-state index contributed by atoms with van der Waals surface area (Å²) in [5.74, 6) is 0.681. The number of hydrogen-bond donors (Lipinski definition) is 2. The molecular formula is C13H18ClNO. The normalized spacial score (nSPS) is 27.7. The number of rotatable bonds is 2. The summed E-state index contributed by atoms with van der Waals surface area (Å²) in [6, 6.07) is 7.63. The summed E-state index contributed by atoms with van der Waals surface area (Å²) in [4.78, 5) is 0. The summed E-state index contributed by atoms with van der Waals surface area (Å²) in [5, 5.41) is 14.3. The largest absolute Gasteiger partial charge is 0.387 e. The maximum atomic E-state index is 10.3. The van der Waals surface area contributed by atoms with E-state index in [0.29, 0.717) is 10.9 Å². The maximum Gasteiger partial charge on any atom is 0.0943 e. The van der Waals surface area contributed by atoms with Gasteiger partial charge in [-0.15, -0.1) is 0 Å². The molecule has 88 valence electrons. The van der Waals surface area contributed by atoms with Crippen molar-refractivity contribution in [1.82, 2.24) is 5.32 Å². The van der Waals surface area contributed by atoms with Crippen LogP contribution < -0.4 is 5.32 Å². The molecule has 1 aromatic rings. The number of halogens is 1. The molecule has 2 rings (SSSR count). The minimum Gasteiger partial charge on any atom is -0.387 e. The second-order valence-corrected chi connectivity index (χ2v) is 5.13. The van der Waals surface area contributed by atoms with Gasteiger partial charge in [-0.3, -0.25) is 0 Å². The van der Waals surface area contributed by atoms with Crippen LogP contribution in [-0.2, 0) is 0 Å². The first-order valence-electron chi connectivity index (χ1n) is 5.83. The first-order valence-corrected chi connectivity index (χ1v) is 6.21. The summed E-state index contributed by atoms with van der Waals surface area (Å²) >= 11 is 5.92. The van der Waals surface area contributed by atoms with Crippen LogP contribution in [0.4, 0.5) is 0 Å². The second kappa shape index (κ2) is 5.17. The fourth-order valence-corrected chi connectivity index (χ4v) is 2.51. The van der Waals surface area contributed by atoms with Crippen molar-refractivity contribution >= 4 is 11.6 Å². The van der Waals surface area contributed by atoms with Crippen LogP contribution in [0, 0.1) is 5.92 Å². The van der Waals surface area contributed by atoms with Crippen molar-refractivity contribution < 1.29 is 5.11 Å². The van der Waals surface area contributed by atoms with Gasteiger partial charge in [0.25, 0.3) is 0 Å². The number of aliphatic hydroxyl groups excluding tert-OH is 1. The fourth-order valence-electron chi connectivity index (χ4n) is 2.31. The van der Waals surface area contributed by atoms with Gasteiger partial charge in [-0.2, -0.15) is 0 Å². The van der Waals surface area contributed by atoms with Crippen LogP contribution in [0.15, 0.2) is 24.3 Å². The molecule has 3 heteroatoms. The Morgan fingerprint density at radius 2 is 2.31 bits per heavy atom. The van der Waals surface area contributed by atoms with Crippen molar-refractivity contribution in [3.05, 3.63) is 34.9 Å². The summed E-state index contributed by atoms with van der Waals surface area (Å²) in [6.45, 7) is 3.22. The van der Waals surface area contributed by atoms with Crippen molar-refractivity contribution in [2.24, 2.45) is 5.92 Å². The molecular weight excluding hydrogens is 222 g/mol. The van der Waals surface area contributed by atoms with Crippen LogP contribution in [0.5, 0.6) is 0 Å². The van der Waals surface area contributed by atoms with E-state index in [1.54, 1.807) is 0 Å². The quantitative estimate of drug-likeness (QED) is 0.832. The SMILES string of the molecule is CC1CCNC(C(O)c2cccc(Cl)c2)C1. The minimum atomic E-state index is -0.457. The number of benzene rings is 1. The summed E-state index contributed by atoms with van der Waals surface area (Å²) in [5.41, 5.74) is 0.902. The molecule has 0 spiro atoms. The van der Waals surface area contributed by atoms with E-state index >= 15 is 0 Å². The van der Waals surface area contributed by atoms with Crippen molar-refractivity contribution in [1.29, 1.82) is 0 Å². The molecule has 16 heavy (non-hydrogen) atoms. The maximum absolute atomic E-state index is 10.3. The highest BCUT2D eigenvalue weighted by Crippen LogP contribution is 2.26. The van der Waals surface area contributed by atoms with E-state index in [1.807, 2.05) is 24.3 Å². The van der Waals surface area contributed by atoms with Crippen LogP contribution in [0.2, 0.25) is 5.02 Å². The van der Waals surface area contributed by atoms with Gasteiger partial charge < -0.3 is 10.4 Å². The highest BCUT2D eigenvalue weighted by molar-refractivity contribution is 6.30. The Morgan fingerprint density at radius 3 is 3.00 bits per heavy atom. The van der Waals surface area contributed by atoms with Crippen LogP contribution in [0.1, 0.15) is 31.4 Å². The van der Waals surface area contributed by atoms with Crippen LogP contribution in [0.25, 0.3) is 0 Å². The lowest BCUT2D eigenvalue weighted by atomic mass is 9.89. The third kappa shape index (κ3) is 2.76. The van der Waals surface area contributed by atoms with Crippen LogP contribution in [-0.4, -0.2) is 17.7 Å². The minimum absolute atomic E-state index is 0.155. The van der Waals surface area contributed by atoms with Crippen LogP contribution >= 0.6 is 11.6 Å². The molecule has 0 saturated carbocycles. The molecule has 0 radical (unpaired) electrons. The average molecular weight is 240 g/mol. The van der Waals surface area contributed by atoms with Gasteiger partial charge in [0.2, 0.25) is 0 Å². The molecule has 0 amide bonds. The third-order valence-electron chi connectivity index (χ3n) is 3.27. The molecule has 0 bridgehead atoms. The highest BCUT2D eigenvalue weighted by Gasteiger charge is 2.25. The molecule has 0 aliphatic carbocycles. The summed E-state index contributed by atoms with van der Waals surface area (Å²) in [7, 11) is 0. The molecule has 1 aliphatic heterocycles. The molecule has 1 saturated heterocycles. The van der Waals surface area contributed by atoms with E-state index in [2.05, 4.69) is 12.2 Å². The number of piperidine rings is 1. The molecule has 0 aromatic heterocycles. The molecule has 3 atom stereocenters. The predicted molar refractivity (Wildman–Crippen MR) is 66.6 cm³/mol. The topological polar surface area (TPSA) is 32.3 Å². The van der Waals surface area contributed by atoms with Crippen molar-refractivity contribution in [2.75, 3.05) is 6.54 Å². The Balaban J connectivity index is 2.09. The lowest BCUT2D eigenvalue weighted by Crippen LogP contribution is -2.41. The molecule has 1 fully saturated rings. The van der Waals surface area contributed by atoms with Crippen LogP contribution in [0.3, 0.4) is 0 Å². The Bertz CT molecular complexity index is 356. The lowest BCUT2D eigenvalue weighted by molar-refractivity contribution is 0.101. The summed E-state index contributed by atoms with van der Waals surface area (Å²) < 4.78 is 0. The molecule has 1 aromatic carbocycles. The van der Waals surface area contributed by atoms with Crippen molar-refractivity contribution in [3.8, 4) is 0 Å². The van der Waals surface area contributed by atoms with Gasteiger partial charge in [-0.25, -0.2) is 0 Å². The van der Waals surface area contributed by atoms with E-state index in [1.165, 1.54) is 6.42 Å². The predicted octanol–water partition coefficient (Wildman–Crippen LogP) is 2.76. The average Bonchev–Trinajstić information content (AvgIpc) is 2.28. The van der Waals surface area contributed by atoms with E-state index in [-0.39, 0.29) is 6.04 Å². The van der Waals surface area contributed by atoms with Crippen molar-refractivity contribution in [2.45, 2.75) is 31.9 Å². The van der Waals surface area contributed by atoms with Gasteiger partial charge in [-0.1, -0.05) is 30.7 Å². The summed E-state index contributed by atoms with van der Waals surface area (Å²) in [6.07, 6.45) is 1.76.